The highest BCUT2D eigenvalue weighted by Crippen LogP contribution is 2.04. The lowest BCUT2D eigenvalue weighted by atomic mass is 10.1. The molecule has 1 heteroatoms. The predicted octanol–water partition coefficient (Wildman–Crippen LogP) is 3.68. The van der Waals surface area contributed by atoms with E-state index >= 15 is 0 Å². The van der Waals surface area contributed by atoms with E-state index in [4.69, 9.17) is 0 Å². The third-order valence-electron chi connectivity index (χ3n) is 1.32. The molecule has 0 aliphatic carbocycles. The van der Waals surface area contributed by atoms with Crippen LogP contribution in [0.2, 0.25) is 0 Å². The van der Waals surface area contributed by atoms with Crippen molar-refractivity contribution in [1.29, 1.82) is 0 Å². The summed E-state index contributed by atoms with van der Waals surface area (Å²) < 4.78 is 0. The van der Waals surface area contributed by atoms with Gasteiger partial charge in [0, 0.05) is 6.42 Å². The summed E-state index contributed by atoms with van der Waals surface area (Å²) in [4.78, 5) is 10.0. The second-order valence-electron chi connectivity index (χ2n) is 2.18. The number of aldehydes is 1. The van der Waals surface area contributed by atoms with Gasteiger partial charge in [0.2, 0.25) is 0 Å². The molecule has 0 N–H and O–H groups in total. The molecule has 0 saturated heterocycles. The highest BCUT2D eigenvalue weighted by Gasteiger charge is 1.88. The Morgan fingerprint density at radius 3 is 2.38 bits per heavy atom. The number of hydrogen-bond acceptors (Lipinski definition) is 1. The van der Waals surface area contributed by atoms with Crippen molar-refractivity contribution in [1.82, 2.24) is 0 Å². The van der Waals surface area contributed by atoms with Crippen LogP contribution in [0.1, 0.15) is 33.6 Å². The summed E-state index contributed by atoms with van der Waals surface area (Å²) >= 11 is 0. The van der Waals surface area contributed by atoms with Gasteiger partial charge in [-0.3, -0.25) is 0 Å². The number of allylic oxidation sites excluding steroid dienone is 5. The molecule has 13 heavy (non-hydrogen) atoms. The van der Waals surface area contributed by atoms with Gasteiger partial charge in [-0.1, -0.05) is 44.7 Å². The first kappa shape index (κ1) is 14.4. The largest absolute Gasteiger partial charge is 0.303 e. The molecule has 0 aromatic rings. The second kappa shape index (κ2) is 13.5. The first-order valence-electron chi connectivity index (χ1n) is 4.73. The van der Waals surface area contributed by atoms with Crippen LogP contribution >= 0.6 is 0 Å². The number of carbonyl (C=O) groups excluding carboxylic acids is 1. The van der Waals surface area contributed by atoms with Gasteiger partial charge in [-0.2, -0.15) is 0 Å². The SMILES string of the molecule is C=C/C(=C\C=C/C)CCC=O.CC. The quantitative estimate of drug-likeness (QED) is 0.466. The first-order chi connectivity index (χ1) is 6.35. The maximum atomic E-state index is 10.0. The van der Waals surface area contributed by atoms with E-state index in [1.807, 2.05) is 39.0 Å². The number of carbonyl (C=O) groups is 1. The van der Waals surface area contributed by atoms with Crippen LogP contribution in [0.4, 0.5) is 0 Å². The second-order valence-corrected chi connectivity index (χ2v) is 2.18. The Bertz CT molecular complexity index is 176. The van der Waals surface area contributed by atoms with Crippen molar-refractivity contribution in [3.8, 4) is 0 Å². The van der Waals surface area contributed by atoms with Gasteiger partial charge in [-0.15, -0.1) is 0 Å². The van der Waals surface area contributed by atoms with Gasteiger partial charge in [0.1, 0.15) is 6.29 Å². The van der Waals surface area contributed by atoms with Crippen molar-refractivity contribution >= 4 is 6.29 Å². The third kappa shape index (κ3) is 10.9. The molecule has 0 aliphatic heterocycles. The molecule has 0 atom stereocenters. The fraction of sp³-hybridized carbons (Fsp3) is 0.417. The summed E-state index contributed by atoms with van der Waals surface area (Å²) in [6, 6.07) is 0. The highest BCUT2D eigenvalue weighted by molar-refractivity contribution is 5.50. The van der Waals surface area contributed by atoms with E-state index in [0.717, 1.165) is 18.3 Å². The summed E-state index contributed by atoms with van der Waals surface area (Å²) in [5, 5.41) is 0. The molecule has 0 fully saturated rings. The van der Waals surface area contributed by atoms with Crippen LogP contribution in [0, 0.1) is 0 Å². The molecule has 0 unspecified atom stereocenters. The average Bonchev–Trinajstić information content (AvgIpc) is 2.21. The highest BCUT2D eigenvalue weighted by atomic mass is 16.1. The van der Waals surface area contributed by atoms with E-state index in [9.17, 15) is 4.79 Å². The van der Waals surface area contributed by atoms with Crippen molar-refractivity contribution in [2.75, 3.05) is 0 Å². The molecular weight excluding hydrogens is 160 g/mol. The van der Waals surface area contributed by atoms with Gasteiger partial charge in [-0.25, -0.2) is 0 Å². The minimum atomic E-state index is 0.579. The molecule has 0 aromatic heterocycles. The van der Waals surface area contributed by atoms with Gasteiger partial charge < -0.3 is 4.79 Å². The van der Waals surface area contributed by atoms with Gasteiger partial charge in [-0.05, 0) is 18.9 Å². The average molecular weight is 180 g/mol. The van der Waals surface area contributed by atoms with Crippen LogP contribution in [0.25, 0.3) is 0 Å². The Hall–Kier alpha value is -1.11. The van der Waals surface area contributed by atoms with Gasteiger partial charge >= 0.3 is 0 Å². The fourth-order valence-electron chi connectivity index (χ4n) is 0.699. The maximum Gasteiger partial charge on any atom is 0.120 e. The van der Waals surface area contributed by atoms with Crippen molar-refractivity contribution in [3.05, 3.63) is 36.5 Å². The molecule has 0 aromatic carbocycles. The minimum absolute atomic E-state index is 0.579. The zero-order chi connectivity index (χ0) is 10.5. The summed E-state index contributed by atoms with van der Waals surface area (Å²) in [6.07, 6.45) is 9.94. The number of rotatable bonds is 5. The third-order valence-corrected chi connectivity index (χ3v) is 1.32. The molecule has 74 valence electrons. The smallest absolute Gasteiger partial charge is 0.120 e. The minimum Gasteiger partial charge on any atom is -0.303 e. The predicted molar refractivity (Wildman–Crippen MR) is 59.7 cm³/mol. The molecule has 1 nitrogen and oxygen atoms in total. The summed E-state index contributed by atoms with van der Waals surface area (Å²) in [7, 11) is 0. The van der Waals surface area contributed by atoms with Crippen LogP contribution < -0.4 is 0 Å². The molecule has 0 amide bonds. The zero-order valence-electron chi connectivity index (χ0n) is 8.92. The molecular formula is C12H20O. The zero-order valence-corrected chi connectivity index (χ0v) is 8.92. The summed E-state index contributed by atoms with van der Waals surface area (Å²) in [5.74, 6) is 0. The van der Waals surface area contributed by atoms with Gasteiger partial charge in [0.15, 0.2) is 0 Å². The van der Waals surface area contributed by atoms with Crippen molar-refractivity contribution in [3.63, 3.8) is 0 Å². The van der Waals surface area contributed by atoms with E-state index in [2.05, 4.69) is 6.58 Å². The Kier molecular flexibility index (Phi) is 14.9. The molecule has 0 rings (SSSR count). The summed E-state index contributed by atoms with van der Waals surface area (Å²) in [6.45, 7) is 9.60. The number of hydrogen-bond donors (Lipinski definition) is 0. The van der Waals surface area contributed by atoms with Gasteiger partial charge in [0.25, 0.3) is 0 Å². The summed E-state index contributed by atoms with van der Waals surface area (Å²) in [5.41, 5.74) is 1.11. The topological polar surface area (TPSA) is 17.1 Å². The standard InChI is InChI=1S/C10H14O.C2H6/c1-3-5-7-10(4-2)8-6-9-11;1-2/h3-5,7,9H,2,6,8H2,1H3;1-2H3/b5-3-,10-7+;. The Labute approximate surface area is 81.9 Å². The maximum absolute atomic E-state index is 10.0. The first-order valence-corrected chi connectivity index (χ1v) is 4.73. The lowest BCUT2D eigenvalue weighted by Crippen LogP contribution is -1.79. The monoisotopic (exact) mass is 180 g/mol. The van der Waals surface area contributed by atoms with Crippen molar-refractivity contribution < 1.29 is 4.79 Å². The Morgan fingerprint density at radius 1 is 1.38 bits per heavy atom. The normalized spacial score (nSPS) is 10.5. The van der Waals surface area contributed by atoms with E-state index in [1.165, 1.54) is 0 Å². The Morgan fingerprint density at radius 2 is 2.00 bits per heavy atom. The molecule has 0 heterocycles. The Balaban J connectivity index is 0. The van der Waals surface area contributed by atoms with Crippen LogP contribution in [-0.2, 0) is 4.79 Å². The van der Waals surface area contributed by atoms with Crippen LogP contribution in [-0.4, -0.2) is 6.29 Å². The van der Waals surface area contributed by atoms with Gasteiger partial charge in [0.05, 0.1) is 0 Å². The van der Waals surface area contributed by atoms with E-state index in [1.54, 1.807) is 6.08 Å². The van der Waals surface area contributed by atoms with Crippen molar-refractivity contribution in [2.24, 2.45) is 0 Å². The van der Waals surface area contributed by atoms with E-state index in [0.29, 0.717) is 6.42 Å². The lowest BCUT2D eigenvalue weighted by molar-refractivity contribution is -0.107. The van der Waals surface area contributed by atoms with Crippen LogP contribution in [0.15, 0.2) is 36.5 Å². The molecule has 0 saturated carbocycles. The molecule has 0 bridgehead atoms. The lowest BCUT2D eigenvalue weighted by Gasteiger charge is -1.93. The fourth-order valence-corrected chi connectivity index (χ4v) is 0.699. The molecule has 0 radical (unpaired) electrons. The molecule has 0 spiro atoms. The van der Waals surface area contributed by atoms with Crippen LogP contribution in [0.3, 0.4) is 0 Å². The van der Waals surface area contributed by atoms with Crippen molar-refractivity contribution in [2.45, 2.75) is 33.6 Å². The van der Waals surface area contributed by atoms with E-state index in [-0.39, 0.29) is 0 Å². The van der Waals surface area contributed by atoms with E-state index < -0.39 is 0 Å². The van der Waals surface area contributed by atoms with Crippen LogP contribution in [0.5, 0.6) is 0 Å². The molecule has 0 aliphatic rings.